The van der Waals surface area contributed by atoms with Crippen LogP contribution in [0.1, 0.15) is 18.4 Å². The van der Waals surface area contributed by atoms with Gasteiger partial charge < -0.3 is 20.7 Å². The fraction of sp³-hybridized carbons (Fsp3) is 0.200. The molecule has 0 atom stereocenters. The molecular formula is C20H18ClN7O3. The number of ether oxygens (including phenoxy) is 1. The average molecular weight is 440 g/mol. The number of aromatic nitrogens is 3. The fourth-order valence-corrected chi connectivity index (χ4v) is 3.48. The van der Waals surface area contributed by atoms with Crippen molar-refractivity contribution in [3.63, 3.8) is 0 Å². The summed E-state index contributed by atoms with van der Waals surface area (Å²) in [4.78, 5) is 28.0. The van der Waals surface area contributed by atoms with Crippen LogP contribution < -0.4 is 26.0 Å². The number of carbonyl (C=O) groups excluding carboxylic acids is 2. The lowest BCUT2D eigenvalue weighted by Gasteiger charge is -2.13. The predicted octanol–water partition coefficient (Wildman–Crippen LogP) is 2.89. The molecule has 0 spiro atoms. The van der Waals surface area contributed by atoms with Crippen LogP contribution in [0.25, 0.3) is 11.7 Å². The molecule has 5 rings (SSSR count). The molecule has 1 aliphatic heterocycles. The van der Waals surface area contributed by atoms with Crippen LogP contribution in [0.5, 0.6) is 5.75 Å². The molecule has 2 aromatic heterocycles. The molecule has 1 aromatic carbocycles. The number of anilines is 3. The Bertz CT molecular complexity index is 1250. The van der Waals surface area contributed by atoms with Gasteiger partial charge in [-0.15, -0.1) is 0 Å². The Hall–Kier alpha value is -3.79. The topological polar surface area (TPSA) is 122 Å². The second kappa shape index (κ2) is 7.47. The normalized spacial score (nSPS) is 17.0. The maximum Gasteiger partial charge on any atom is 0.326 e. The minimum atomic E-state index is -0.563. The van der Waals surface area contributed by atoms with Gasteiger partial charge in [-0.05, 0) is 31.1 Å². The van der Waals surface area contributed by atoms with E-state index < -0.39 is 11.9 Å². The second-order valence-electron chi connectivity index (χ2n) is 7.19. The van der Waals surface area contributed by atoms with Gasteiger partial charge in [0.05, 0.1) is 19.0 Å². The zero-order valence-corrected chi connectivity index (χ0v) is 17.2. The van der Waals surface area contributed by atoms with Crippen molar-refractivity contribution in [3.05, 3.63) is 46.7 Å². The monoisotopic (exact) mass is 439 g/mol. The van der Waals surface area contributed by atoms with Gasteiger partial charge in [-0.1, -0.05) is 17.7 Å². The highest BCUT2D eigenvalue weighted by Gasteiger charge is 2.25. The number of hydrogen-bond acceptors (Lipinski definition) is 7. The van der Waals surface area contributed by atoms with Crippen molar-refractivity contribution in [2.45, 2.75) is 18.9 Å². The van der Waals surface area contributed by atoms with Crippen LogP contribution >= 0.6 is 11.6 Å². The van der Waals surface area contributed by atoms with Crippen molar-refractivity contribution in [1.82, 2.24) is 25.2 Å². The molecule has 3 heterocycles. The molecule has 2 aliphatic rings. The van der Waals surface area contributed by atoms with Crippen LogP contribution in [-0.2, 0) is 4.79 Å². The lowest BCUT2D eigenvalue weighted by Crippen LogP contribution is -2.22. The van der Waals surface area contributed by atoms with Crippen LogP contribution in [0.3, 0.4) is 0 Å². The first-order valence-electron chi connectivity index (χ1n) is 9.60. The first-order valence-corrected chi connectivity index (χ1v) is 9.98. The summed E-state index contributed by atoms with van der Waals surface area (Å²) in [6.45, 7) is 0. The third kappa shape index (κ3) is 3.73. The molecule has 3 amide bonds. The molecule has 0 radical (unpaired) electrons. The Balaban J connectivity index is 1.58. The SMILES string of the molecule is COc1cccc(Nc2cc(NC3CC3)n3ncc(/C=C4\NC(=O)NC4=O)c3n2)c1Cl. The van der Waals surface area contributed by atoms with E-state index in [-0.39, 0.29) is 5.70 Å². The molecule has 1 aliphatic carbocycles. The standard InChI is InChI=1S/C20H18ClN7O3/c1-31-14-4-2-3-12(17(14)21)24-15-8-16(23-11-5-6-11)28-18(26-15)10(9-22-28)7-13-19(29)27-20(30)25-13/h2-4,7-9,11,23H,5-6H2,1H3,(H,24,26)(H2,25,27,29,30)/b13-7-. The molecule has 4 N–H and O–H groups in total. The Morgan fingerprint density at radius 2 is 2.13 bits per heavy atom. The van der Waals surface area contributed by atoms with E-state index in [0.717, 1.165) is 18.7 Å². The Morgan fingerprint density at radius 3 is 2.84 bits per heavy atom. The van der Waals surface area contributed by atoms with Crippen molar-refractivity contribution in [3.8, 4) is 5.75 Å². The van der Waals surface area contributed by atoms with Gasteiger partial charge in [0.2, 0.25) is 0 Å². The molecule has 158 valence electrons. The van der Waals surface area contributed by atoms with Gasteiger partial charge in [0.1, 0.15) is 28.1 Å². The number of halogens is 1. The van der Waals surface area contributed by atoms with E-state index in [4.69, 9.17) is 16.3 Å². The van der Waals surface area contributed by atoms with Crippen molar-refractivity contribution >= 4 is 52.6 Å². The number of carbonyl (C=O) groups is 2. The Labute approximate surface area is 181 Å². The fourth-order valence-electron chi connectivity index (χ4n) is 3.23. The van der Waals surface area contributed by atoms with E-state index in [9.17, 15) is 9.59 Å². The number of methoxy groups -OCH3 is 1. The number of nitrogens with zero attached hydrogens (tertiary/aromatic N) is 3. The molecule has 31 heavy (non-hydrogen) atoms. The summed E-state index contributed by atoms with van der Waals surface area (Å²) in [6.07, 6.45) is 5.30. The number of benzene rings is 1. The van der Waals surface area contributed by atoms with Gasteiger partial charge in [0.25, 0.3) is 5.91 Å². The largest absolute Gasteiger partial charge is 0.495 e. The van der Waals surface area contributed by atoms with Crippen molar-refractivity contribution in [1.29, 1.82) is 0 Å². The van der Waals surface area contributed by atoms with E-state index >= 15 is 0 Å². The smallest absolute Gasteiger partial charge is 0.326 e. The summed E-state index contributed by atoms with van der Waals surface area (Å²) in [6, 6.07) is 7.08. The maximum atomic E-state index is 11.9. The van der Waals surface area contributed by atoms with Crippen LogP contribution in [0.2, 0.25) is 5.02 Å². The van der Waals surface area contributed by atoms with Crippen LogP contribution in [0, 0.1) is 0 Å². The first-order chi connectivity index (χ1) is 15.0. The van der Waals surface area contributed by atoms with Crippen LogP contribution in [0.4, 0.5) is 22.1 Å². The molecule has 1 saturated heterocycles. The molecule has 1 saturated carbocycles. The molecule has 2 fully saturated rings. The number of rotatable bonds is 6. The summed E-state index contributed by atoms with van der Waals surface area (Å²) >= 11 is 6.42. The van der Waals surface area contributed by atoms with E-state index in [1.807, 2.05) is 18.2 Å². The Kier molecular flexibility index (Phi) is 4.63. The third-order valence-corrected chi connectivity index (χ3v) is 5.28. The summed E-state index contributed by atoms with van der Waals surface area (Å²) in [7, 11) is 1.55. The minimum Gasteiger partial charge on any atom is -0.495 e. The highest BCUT2D eigenvalue weighted by atomic mass is 35.5. The summed E-state index contributed by atoms with van der Waals surface area (Å²) in [5.74, 6) is 1.32. The maximum absolute atomic E-state index is 11.9. The van der Waals surface area contributed by atoms with Crippen molar-refractivity contribution < 1.29 is 14.3 Å². The zero-order valence-electron chi connectivity index (χ0n) is 16.4. The van der Waals surface area contributed by atoms with E-state index in [0.29, 0.717) is 39.5 Å². The Morgan fingerprint density at radius 1 is 1.29 bits per heavy atom. The average Bonchev–Trinajstić information content (AvgIpc) is 3.38. The van der Waals surface area contributed by atoms with Crippen LogP contribution in [0.15, 0.2) is 36.2 Å². The van der Waals surface area contributed by atoms with E-state index in [1.54, 1.807) is 30.0 Å². The molecule has 0 bridgehead atoms. The number of hydrogen-bond donors (Lipinski definition) is 4. The van der Waals surface area contributed by atoms with E-state index in [2.05, 4.69) is 31.3 Å². The minimum absolute atomic E-state index is 0.132. The second-order valence-corrected chi connectivity index (χ2v) is 7.57. The van der Waals surface area contributed by atoms with Crippen molar-refractivity contribution in [2.75, 3.05) is 17.7 Å². The third-order valence-electron chi connectivity index (χ3n) is 4.89. The van der Waals surface area contributed by atoms with Gasteiger partial charge in [-0.3, -0.25) is 10.1 Å². The molecule has 3 aromatic rings. The van der Waals surface area contributed by atoms with E-state index in [1.165, 1.54) is 0 Å². The van der Waals surface area contributed by atoms with Gasteiger partial charge >= 0.3 is 6.03 Å². The zero-order chi connectivity index (χ0) is 21.5. The summed E-state index contributed by atoms with van der Waals surface area (Å²) in [5.41, 5.74) is 1.85. The van der Waals surface area contributed by atoms with Gasteiger partial charge in [-0.25, -0.2) is 9.78 Å². The summed E-state index contributed by atoms with van der Waals surface area (Å²) in [5, 5.41) is 16.2. The van der Waals surface area contributed by atoms with Crippen LogP contribution in [-0.4, -0.2) is 39.7 Å². The number of nitrogens with one attached hydrogen (secondary N) is 4. The number of amides is 3. The van der Waals surface area contributed by atoms with Gasteiger partial charge in [0.15, 0.2) is 5.65 Å². The predicted molar refractivity (Wildman–Crippen MR) is 116 cm³/mol. The summed E-state index contributed by atoms with van der Waals surface area (Å²) < 4.78 is 6.94. The molecular weight excluding hydrogens is 422 g/mol. The number of imide groups is 1. The molecule has 0 unspecified atom stereocenters. The first kappa shape index (κ1) is 19.2. The number of fused-ring (bicyclic) bond motifs is 1. The van der Waals surface area contributed by atoms with Gasteiger partial charge in [0, 0.05) is 17.7 Å². The number of urea groups is 1. The lowest BCUT2D eigenvalue weighted by molar-refractivity contribution is -0.115. The highest BCUT2D eigenvalue weighted by molar-refractivity contribution is 6.34. The quantitative estimate of drug-likeness (QED) is 0.344. The van der Waals surface area contributed by atoms with Gasteiger partial charge in [-0.2, -0.15) is 9.61 Å². The molecule has 11 heteroatoms. The molecule has 10 nitrogen and oxygen atoms in total. The highest BCUT2D eigenvalue weighted by Crippen LogP contribution is 2.34. The van der Waals surface area contributed by atoms with Crippen molar-refractivity contribution in [2.24, 2.45) is 0 Å². The lowest BCUT2D eigenvalue weighted by atomic mass is 10.2.